The summed E-state index contributed by atoms with van der Waals surface area (Å²) in [5, 5.41) is 2.66. The van der Waals surface area contributed by atoms with Gasteiger partial charge in [0.1, 0.15) is 0 Å². The first-order valence-electron chi connectivity index (χ1n) is 3.21. The molecule has 0 bridgehead atoms. The Hall–Kier alpha value is -1.49. The molecule has 1 aromatic rings. The number of thiocarbonyl (C=S) groups is 1. The van der Waals surface area contributed by atoms with Crippen molar-refractivity contribution in [3.05, 3.63) is 24.5 Å². The zero-order valence-corrected chi connectivity index (χ0v) is 6.97. The van der Waals surface area contributed by atoms with Crippen LogP contribution in [0.3, 0.4) is 0 Å². The quantitative estimate of drug-likeness (QED) is 0.612. The number of aromatic nitrogens is 1. The lowest BCUT2D eigenvalue weighted by Gasteiger charge is -2.02. The van der Waals surface area contributed by atoms with Gasteiger partial charge in [0.05, 0.1) is 0 Å². The lowest BCUT2D eigenvalue weighted by molar-refractivity contribution is -0.111. The summed E-state index contributed by atoms with van der Waals surface area (Å²) in [6.45, 7) is 0. The van der Waals surface area contributed by atoms with Crippen molar-refractivity contribution >= 4 is 28.8 Å². The minimum absolute atomic E-state index is 0.00111. The second kappa shape index (κ2) is 3.77. The molecule has 0 radical (unpaired) electrons. The third-order valence-electron chi connectivity index (χ3n) is 1.16. The fourth-order valence-electron chi connectivity index (χ4n) is 0.628. The molecule has 0 saturated carbocycles. The third kappa shape index (κ3) is 2.28. The smallest absolute Gasteiger partial charge is 0.276 e. The Kier molecular flexibility index (Phi) is 2.71. The van der Waals surface area contributed by atoms with Crippen LogP contribution < -0.4 is 11.1 Å². The molecule has 3 N–H and O–H groups in total. The monoisotopic (exact) mass is 181 g/mol. The molecule has 0 atom stereocenters. The van der Waals surface area contributed by atoms with Crippen LogP contribution >= 0.6 is 12.2 Å². The Balaban J connectivity index is 2.65. The van der Waals surface area contributed by atoms with Crippen LogP contribution in [0, 0.1) is 0 Å². The van der Waals surface area contributed by atoms with Crippen molar-refractivity contribution in [1.82, 2.24) is 4.98 Å². The van der Waals surface area contributed by atoms with Gasteiger partial charge in [0.2, 0.25) is 0 Å². The number of amides is 1. The maximum Gasteiger partial charge on any atom is 0.276 e. The van der Waals surface area contributed by atoms with Gasteiger partial charge in [-0.1, -0.05) is 12.2 Å². The highest BCUT2D eigenvalue weighted by molar-refractivity contribution is 7.82. The first kappa shape index (κ1) is 8.61. The highest BCUT2D eigenvalue weighted by Crippen LogP contribution is 2.02. The number of nitrogens with one attached hydrogen (secondary N) is 1. The average Bonchev–Trinajstić information content (AvgIpc) is 2.06. The minimum Gasteiger partial charge on any atom is -0.364 e. The van der Waals surface area contributed by atoms with Crippen LogP contribution in [-0.4, -0.2) is 15.9 Å². The number of carbonyl (C=O) groups is 1. The van der Waals surface area contributed by atoms with Gasteiger partial charge in [-0.05, 0) is 12.1 Å². The second-order valence-electron chi connectivity index (χ2n) is 2.05. The van der Waals surface area contributed by atoms with Gasteiger partial charge in [-0.3, -0.25) is 9.78 Å². The SMILES string of the molecule is NC(=O)C(=S)Nc1ccncc1. The number of anilines is 1. The molecule has 4 nitrogen and oxygen atoms in total. The highest BCUT2D eigenvalue weighted by atomic mass is 32.1. The Bertz CT molecular complexity index is 299. The predicted octanol–water partition coefficient (Wildman–Crippen LogP) is 0.306. The number of carbonyl (C=O) groups excluding carboxylic acids is 1. The lowest BCUT2D eigenvalue weighted by Crippen LogP contribution is -2.27. The number of hydrogen-bond acceptors (Lipinski definition) is 3. The first-order valence-corrected chi connectivity index (χ1v) is 3.62. The van der Waals surface area contributed by atoms with Crippen LogP contribution in [-0.2, 0) is 4.79 Å². The molecule has 12 heavy (non-hydrogen) atoms. The summed E-state index contributed by atoms with van der Waals surface area (Å²) >= 11 is 4.65. The van der Waals surface area contributed by atoms with Gasteiger partial charge in [0, 0.05) is 18.1 Å². The van der Waals surface area contributed by atoms with Gasteiger partial charge in [-0.25, -0.2) is 0 Å². The molecule has 0 fully saturated rings. The van der Waals surface area contributed by atoms with Gasteiger partial charge < -0.3 is 11.1 Å². The van der Waals surface area contributed by atoms with Crippen LogP contribution in [0.5, 0.6) is 0 Å². The van der Waals surface area contributed by atoms with Gasteiger partial charge in [-0.15, -0.1) is 0 Å². The number of hydrogen-bond donors (Lipinski definition) is 2. The van der Waals surface area contributed by atoms with Crippen molar-refractivity contribution in [1.29, 1.82) is 0 Å². The van der Waals surface area contributed by atoms with E-state index in [9.17, 15) is 4.79 Å². The summed E-state index contributed by atoms with van der Waals surface area (Å²) in [5.74, 6) is -0.637. The molecule has 0 spiro atoms. The van der Waals surface area contributed by atoms with Gasteiger partial charge in [-0.2, -0.15) is 0 Å². The Labute approximate surface area is 74.8 Å². The Morgan fingerprint density at radius 2 is 2.08 bits per heavy atom. The largest absolute Gasteiger partial charge is 0.364 e. The van der Waals surface area contributed by atoms with Crippen molar-refractivity contribution in [3.63, 3.8) is 0 Å². The fourth-order valence-corrected chi connectivity index (χ4v) is 0.746. The first-order chi connectivity index (χ1) is 5.70. The number of nitrogens with zero attached hydrogens (tertiary/aromatic N) is 1. The molecule has 1 heterocycles. The van der Waals surface area contributed by atoms with E-state index in [1.54, 1.807) is 24.5 Å². The fraction of sp³-hybridized carbons (Fsp3) is 0. The molecule has 0 aliphatic rings. The average molecular weight is 181 g/mol. The number of primary amides is 1. The van der Waals surface area contributed by atoms with E-state index in [-0.39, 0.29) is 4.99 Å². The van der Waals surface area contributed by atoms with Crippen molar-refractivity contribution in [3.8, 4) is 0 Å². The van der Waals surface area contributed by atoms with E-state index in [1.807, 2.05) is 0 Å². The maximum atomic E-state index is 10.5. The standard InChI is InChI=1S/C7H7N3OS/c8-6(11)7(12)10-5-1-3-9-4-2-5/h1-4H,(H2,8,11)(H,9,10,12). The molecule has 0 aliphatic heterocycles. The lowest BCUT2D eigenvalue weighted by atomic mass is 10.4. The molecule has 0 aromatic carbocycles. The van der Waals surface area contributed by atoms with Gasteiger partial charge >= 0.3 is 0 Å². The zero-order valence-electron chi connectivity index (χ0n) is 6.15. The summed E-state index contributed by atoms with van der Waals surface area (Å²) in [6, 6.07) is 3.38. The van der Waals surface area contributed by atoms with Crippen LogP contribution in [0.1, 0.15) is 0 Å². The molecule has 1 aromatic heterocycles. The van der Waals surface area contributed by atoms with Crippen molar-refractivity contribution < 1.29 is 4.79 Å². The Morgan fingerprint density at radius 3 is 2.58 bits per heavy atom. The second-order valence-corrected chi connectivity index (χ2v) is 2.46. The molecule has 0 unspecified atom stereocenters. The molecule has 0 saturated heterocycles. The zero-order chi connectivity index (χ0) is 8.97. The topological polar surface area (TPSA) is 68.0 Å². The molecule has 1 rings (SSSR count). The number of nitrogens with two attached hydrogens (primary N) is 1. The van der Waals surface area contributed by atoms with Crippen LogP contribution in [0.15, 0.2) is 24.5 Å². The summed E-state index contributed by atoms with van der Waals surface area (Å²) in [4.78, 5) is 14.3. The van der Waals surface area contributed by atoms with Gasteiger partial charge in [0.15, 0.2) is 4.99 Å². The summed E-state index contributed by atoms with van der Waals surface area (Å²) in [5.41, 5.74) is 5.63. The molecular formula is C7H7N3OS. The normalized spacial score (nSPS) is 9.00. The van der Waals surface area contributed by atoms with E-state index < -0.39 is 5.91 Å². The third-order valence-corrected chi connectivity index (χ3v) is 1.47. The van der Waals surface area contributed by atoms with Gasteiger partial charge in [0.25, 0.3) is 5.91 Å². The number of pyridine rings is 1. The summed E-state index contributed by atoms with van der Waals surface area (Å²) in [7, 11) is 0. The van der Waals surface area contributed by atoms with E-state index in [2.05, 4.69) is 22.5 Å². The van der Waals surface area contributed by atoms with E-state index in [0.717, 1.165) is 0 Å². The van der Waals surface area contributed by atoms with Crippen molar-refractivity contribution in [2.45, 2.75) is 0 Å². The molecule has 0 aliphatic carbocycles. The molecule has 1 amide bonds. The van der Waals surface area contributed by atoms with Crippen LogP contribution in [0.25, 0.3) is 0 Å². The van der Waals surface area contributed by atoms with Crippen LogP contribution in [0.4, 0.5) is 5.69 Å². The van der Waals surface area contributed by atoms with E-state index in [4.69, 9.17) is 5.73 Å². The van der Waals surface area contributed by atoms with E-state index in [1.165, 1.54) is 0 Å². The predicted molar refractivity (Wildman–Crippen MR) is 49.7 cm³/mol. The van der Waals surface area contributed by atoms with E-state index >= 15 is 0 Å². The minimum atomic E-state index is -0.637. The maximum absolute atomic E-state index is 10.5. The molecule has 5 heteroatoms. The highest BCUT2D eigenvalue weighted by Gasteiger charge is 2.02. The summed E-state index contributed by atoms with van der Waals surface area (Å²) < 4.78 is 0. The van der Waals surface area contributed by atoms with Crippen molar-refractivity contribution in [2.24, 2.45) is 5.73 Å². The molecule has 62 valence electrons. The van der Waals surface area contributed by atoms with Crippen molar-refractivity contribution in [2.75, 3.05) is 5.32 Å². The van der Waals surface area contributed by atoms with E-state index in [0.29, 0.717) is 5.69 Å². The Morgan fingerprint density at radius 1 is 1.50 bits per heavy atom. The van der Waals surface area contributed by atoms with Crippen LogP contribution in [0.2, 0.25) is 0 Å². The number of rotatable bonds is 1. The summed E-state index contributed by atoms with van der Waals surface area (Å²) in [6.07, 6.45) is 3.18. The molecular weight excluding hydrogens is 174 g/mol.